The minimum absolute atomic E-state index is 0.855. The predicted octanol–water partition coefficient (Wildman–Crippen LogP) is 1.47. The Balaban J connectivity index is 1.91. The molecule has 4 heteroatoms. The lowest BCUT2D eigenvalue weighted by atomic mass is 9.97. The molecule has 1 N–H and O–H groups in total. The van der Waals surface area contributed by atoms with E-state index in [-0.39, 0.29) is 0 Å². The average Bonchev–Trinajstić information content (AvgIpc) is 2.57. The summed E-state index contributed by atoms with van der Waals surface area (Å²) in [5.41, 5.74) is 3.87. The van der Waals surface area contributed by atoms with Gasteiger partial charge in [-0.3, -0.25) is 4.68 Å². The van der Waals surface area contributed by atoms with Crippen molar-refractivity contribution in [1.82, 2.24) is 20.0 Å². The van der Waals surface area contributed by atoms with Crippen LogP contribution in [0.2, 0.25) is 0 Å². The first-order valence-electron chi connectivity index (χ1n) is 6.96. The Morgan fingerprint density at radius 2 is 2.00 bits per heavy atom. The summed E-state index contributed by atoms with van der Waals surface area (Å²) in [7, 11) is 4.26. The van der Waals surface area contributed by atoms with Gasteiger partial charge in [0.1, 0.15) is 0 Å². The van der Waals surface area contributed by atoms with Gasteiger partial charge in [0.15, 0.2) is 0 Å². The first-order chi connectivity index (χ1) is 8.58. The van der Waals surface area contributed by atoms with Crippen LogP contribution in [0.15, 0.2) is 0 Å². The van der Waals surface area contributed by atoms with Crippen LogP contribution in [0.3, 0.4) is 0 Å². The molecule has 1 aliphatic heterocycles. The molecule has 18 heavy (non-hydrogen) atoms. The normalized spacial score (nSPS) is 17.6. The fourth-order valence-corrected chi connectivity index (χ4v) is 2.89. The van der Waals surface area contributed by atoms with Crippen molar-refractivity contribution in [3.63, 3.8) is 0 Å². The van der Waals surface area contributed by atoms with E-state index in [0.717, 1.165) is 12.5 Å². The number of piperidine rings is 1. The Labute approximate surface area is 110 Å². The molecule has 2 rings (SSSR count). The molecule has 0 atom stereocenters. The minimum atomic E-state index is 0.855. The third-order valence-electron chi connectivity index (χ3n) is 4.12. The molecule has 1 aliphatic rings. The second-order valence-corrected chi connectivity index (χ2v) is 5.66. The molecule has 1 saturated heterocycles. The zero-order valence-corrected chi connectivity index (χ0v) is 12.2. The van der Waals surface area contributed by atoms with Crippen LogP contribution in [0.25, 0.3) is 0 Å². The van der Waals surface area contributed by atoms with E-state index in [1.807, 2.05) is 11.7 Å². The largest absolute Gasteiger partial charge is 0.317 e. The molecule has 1 fully saturated rings. The predicted molar refractivity (Wildman–Crippen MR) is 74.6 cm³/mol. The van der Waals surface area contributed by atoms with Crippen molar-refractivity contribution in [2.45, 2.75) is 33.2 Å². The van der Waals surface area contributed by atoms with Crippen LogP contribution in [-0.4, -0.2) is 41.4 Å². The van der Waals surface area contributed by atoms with Gasteiger partial charge in [-0.05, 0) is 52.7 Å². The molecule has 0 amide bonds. The maximum atomic E-state index is 4.49. The van der Waals surface area contributed by atoms with Crippen LogP contribution in [0.5, 0.6) is 0 Å². The molecule has 0 aromatic carbocycles. The van der Waals surface area contributed by atoms with Gasteiger partial charge in [-0.15, -0.1) is 0 Å². The lowest BCUT2D eigenvalue weighted by molar-refractivity contribution is 0.234. The van der Waals surface area contributed by atoms with Crippen molar-refractivity contribution in [3.05, 3.63) is 17.0 Å². The van der Waals surface area contributed by atoms with Crippen molar-refractivity contribution in [2.75, 3.05) is 26.7 Å². The summed E-state index contributed by atoms with van der Waals surface area (Å²) in [6.45, 7) is 8.87. The molecule has 0 unspecified atom stereocenters. The average molecular weight is 250 g/mol. The Hall–Kier alpha value is -0.870. The molecular weight excluding hydrogens is 224 g/mol. The fourth-order valence-electron chi connectivity index (χ4n) is 2.89. The molecular formula is C14H26N4. The Bertz CT molecular complexity index is 391. The molecule has 0 spiro atoms. The molecule has 2 heterocycles. The molecule has 4 nitrogen and oxygen atoms in total. The van der Waals surface area contributed by atoms with Crippen molar-refractivity contribution in [1.29, 1.82) is 0 Å². The fraction of sp³-hybridized carbons (Fsp3) is 0.786. The Morgan fingerprint density at radius 1 is 1.33 bits per heavy atom. The SMILES string of the molecule is Cc1nn(C)c(C)c1CN(C)CC1CCNCC1. The number of aryl methyl sites for hydroxylation is 2. The van der Waals surface area contributed by atoms with Crippen molar-refractivity contribution in [3.8, 4) is 0 Å². The standard InChI is InChI=1S/C14H26N4/c1-11-14(12(2)18(4)16-11)10-17(3)9-13-5-7-15-8-6-13/h13,15H,5-10H2,1-4H3. The zero-order chi connectivity index (χ0) is 13.1. The third kappa shape index (κ3) is 3.12. The lowest BCUT2D eigenvalue weighted by Crippen LogP contribution is -2.34. The topological polar surface area (TPSA) is 33.1 Å². The molecule has 1 aromatic rings. The van der Waals surface area contributed by atoms with Crippen molar-refractivity contribution in [2.24, 2.45) is 13.0 Å². The first-order valence-corrected chi connectivity index (χ1v) is 6.96. The third-order valence-corrected chi connectivity index (χ3v) is 4.12. The molecule has 1 aromatic heterocycles. The van der Waals surface area contributed by atoms with Crippen LogP contribution < -0.4 is 5.32 Å². The summed E-state index contributed by atoms with van der Waals surface area (Å²) in [5, 5.41) is 7.92. The quantitative estimate of drug-likeness (QED) is 0.878. The summed E-state index contributed by atoms with van der Waals surface area (Å²) < 4.78 is 1.99. The smallest absolute Gasteiger partial charge is 0.0641 e. The van der Waals surface area contributed by atoms with E-state index in [4.69, 9.17) is 0 Å². The summed E-state index contributed by atoms with van der Waals surface area (Å²) in [6, 6.07) is 0. The summed E-state index contributed by atoms with van der Waals surface area (Å²) in [6.07, 6.45) is 2.63. The van der Waals surface area contributed by atoms with Gasteiger partial charge in [0, 0.05) is 31.4 Å². The van der Waals surface area contributed by atoms with Gasteiger partial charge in [-0.1, -0.05) is 0 Å². The lowest BCUT2D eigenvalue weighted by Gasteiger charge is -2.27. The maximum Gasteiger partial charge on any atom is 0.0641 e. The van der Waals surface area contributed by atoms with Gasteiger partial charge in [-0.2, -0.15) is 5.10 Å². The summed E-state index contributed by atoms with van der Waals surface area (Å²) in [5.74, 6) is 0.855. The highest BCUT2D eigenvalue weighted by Crippen LogP contribution is 2.17. The number of aromatic nitrogens is 2. The summed E-state index contributed by atoms with van der Waals surface area (Å²) >= 11 is 0. The second-order valence-electron chi connectivity index (χ2n) is 5.66. The van der Waals surface area contributed by atoms with Gasteiger partial charge in [0.25, 0.3) is 0 Å². The van der Waals surface area contributed by atoms with Gasteiger partial charge in [-0.25, -0.2) is 0 Å². The van der Waals surface area contributed by atoms with Crippen LogP contribution in [-0.2, 0) is 13.6 Å². The highest BCUT2D eigenvalue weighted by molar-refractivity contribution is 5.24. The number of nitrogens with one attached hydrogen (secondary N) is 1. The molecule has 102 valence electrons. The van der Waals surface area contributed by atoms with Gasteiger partial charge < -0.3 is 10.2 Å². The molecule has 0 bridgehead atoms. The van der Waals surface area contributed by atoms with Crippen LogP contribution >= 0.6 is 0 Å². The van der Waals surface area contributed by atoms with Crippen molar-refractivity contribution < 1.29 is 0 Å². The highest BCUT2D eigenvalue weighted by Gasteiger charge is 2.17. The van der Waals surface area contributed by atoms with E-state index < -0.39 is 0 Å². The van der Waals surface area contributed by atoms with Crippen LogP contribution in [0.1, 0.15) is 29.8 Å². The first kappa shape index (κ1) is 13.6. The van der Waals surface area contributed by atoms with Crippen LogP contribution in [0, 0.1) is 19.8 Å². The number of hydrogen-bond acceptors (Lipinski definition) is 3. The van der Waals surface area contributed by atoms with Gasteiger partial charge in [0.05, 0.1) is 5.69 Å². The molecule has 0 aliphatic carbocycles. The number of nitrogens with zero attached hydrogens (tertiary/aromatic N) is 3. The van der Waals surface area contributed by atoms with Gasteiger partial charge >= 0.3 is 0 Å². The Morgan fingerprint density at radius 3 is 2.56 bits per heavy atom. The number of hydrogen-bond donors (Lipinski definition) is 1. The molecule has 0 saturated carbocycles. The zero-order valence-electron chi connectivity index (χ0n) is 12.2. The van der Waals surface area contributed by atoms with Gasteiger partial charge in [0.2, 0.25) is 0 Å². The van der Waals surface area contributed by atoms with Crippen LogP contribution in [0.4, 0.5) is 0 Å². The maximum absolute atomic E-state index is 4.49. The van der Waals surface area contributed by atoms with E-state index in [2.05, 4.69) is 36.2 Å². The number of rotatable bonds is 4. The molecule has 0 radical (unpaired) electrons. The highest BCUT2D eigenvalue weighted by atomic mass is 15.3. The Kier molecular flexibility index (Phi) is 4.40. The van der Waals surface area contributed by atoms with E-state index in [1.54, 1.807) is 0 Å². The van der Waals surface area contributed by atoms with Crippen molar-refractivity contribution >= 4 is 0 Å². The van der Waals surface area contributed by atoms with E-state index in [0.29, 0.717) is 0 Å². The van der Waals surface area contributed by atoms with E-state index >= 15 is 0 Å². The van der Waals surface area contributed by atoms with E-state index in [1.165, 1.54) is 49.4 Å². The monoisotopic (exact) mass is 250 g/mol. The minimum Gasteiger partial charge on any atom is -0.317 e. The van der Waals surface area contributed by atoms with E-state index in [9.17, 15) is 0 Å². The second kappa shape index (κ2) is 5.85. The summed E-state index contributed by atoms with van der Waals surface area (Å²) in [4.78, 5) is 2.45.